The summed E-state index contributed by atoms with van der Waals surface area (Å²) in [6, 6.07) is 15.2. The summed E-state index contributed by atoms with van der Waals surface area (Å²) in [5.74, 6) is 0.613. The highest BCUT2D eigenvalue weighted by Gasteiger charge is 2.21. The Balaban J connectivity index is 1.62. The third-order valence-electron chi connectivity index (χ3n) is 4.39. The van der Waals surface area contributed by atoms with Crippen LogP contribution in [0.2, 0.25) is 0 Å². The van der Waals surface area contributed by atoms with Gasteiger partial charge >= 0.3 is 6.03 Å². The number of aromatic nitrogens is 2. The molecule has 0 aliphatic rings. The smallest absolute Gasteiger partial charge is 0.323 e. The zero-order valence-electron chi connectivity index (χ0n) is 16.4. The van der Waals surface area contributed by atoms with Gasteiger partial charge in [0.05, 0.1) is 0 Å². The average Bonchev–Trinajstić information content (AvgIpc) is 3.02. The summed E-state index contributed by atoms with van der Waals surface area (Å²) in [5.41, 5.74) is 2.04. The lowest BCUT2D eigenvalue weighted by atomic mass is 10.1. The molecule has 3 N–H and O–H groups in total. The Morgan fingerprint density at radius 2 is 1.59 bits per heavy atom. The van der Waals surface area contributed by atoms with E-state index < -0.39 is 16.1 Å². The predicted octanol–water partition coefficient (Wildman–Crippen LogP) is 3.41. The molecule has 29 heavy (non-hydrogen) atoms. The van der Waals surface area contributed by atoms with E-state index in [1.54, 1.807) is 61.9 Å². The van der Waals surface area contributed by atoms with E-state index in [1.165, 1.54) is 6.20 Å². The molecule has 0 fully saturated rings. The first kappa shape index (κ1) is 20.6. The van der Waals surface area contributed by atoms with Crippen molar-refractivity contribution in [3.8, 4) is 0 Å². The first-order valence-electron chi connectivity index (χ1n) is 9.00. The number of nitrogens with zero attached hydrogens (tertiary/aromatic N) is 2. The van der Waals surface area contributed by atoms with Gasteiger partial charge in [0.15, 0.2) is 5.03 Å². The molecule has 0 aliphatic carbocycles. The zero-order chi connectivity index (χ0) is 21.0. The Labute approximate surface area is 170 Å². The lowest BCUT2D eigenvalue weighted by Crippen LogP contribution is -2.27. The van der Waals surface area contributed by atoms with E-state index in [0.717, 1.165) is 5.56 Å². The second-order valence-corrected chi connectivity index (χ2v) is 8.31. The Bertz CT molecular complexity index is 1070. The monoisotopic (exact) mass is 413 g/mol. The topological polar surface area (TPSA) is 105 Å². The number of sulfonamides is 1. The Morgan fingerprint density at radius 3 is 2.14 bits per heavy atom. The minimum Gasteiger partial charge on any atom is -0.337 e. The summed E-state index contributed by atoms with van der Waals surface area (Å²) < 4.78 is 29.3. The third-order valence-corrected chi connectivity index (χ3v) is 5.81. The molecular formula is C20H23N5O3S. The van der Waals surface area contributed by atoms with Gasteiger partial charge in [-0.2, -0.15) is 0 Å². The number of imidazole rings is 1. The van der Waals surface area contributed by atoms with Crippen LogP contribution in [0.5, 0.6) is 0 Å². The molecule has 0 saturated carbocycles. The third kappa shape index (κ3) is 5.21. The van der Waals surface area contributed by atoms with Gasteiger partial charge in [-0.25, -0.2) is 22.9 Å². The van der Waals surface area contributed by atoms with Crippen LogP contribution in [0.25, 0.3) is 0 Å². The van der Waals surface area contributed by atoms with E-state index in [1.807, 2.05) is 18.2 Å². The highest BCUT2D eigenvalue weighted by Crippen LogP contribution is 2.19. The highest BCUT2D eigenvalue weighted by molar-refractivity contribution is 7.89. The SMILES string of the molecule is Cc1nc(S(=O)(=O)NC(C)c2ccc(NC(=O)Nc3ccccc3)cc2)cn1C. The molecule has 0 bridgehead atoms. The molecule has 0 saturated heterocycles. The van der Waals surface area contributed by atoms with E-state index in [9.17, 15) is 13.2 Å². The summed E-state index contributed by atoms with van der Waals surface area (Å²) in [6.07, 6.45) is 1.47. The van der Waals surface area contributed by atoms with E-state index in [-0.39, 0.29) is 11.1 Å². The lowest BCUT2D eigenvalue weighted by Gasteiger charge is -2.14. The highest BCUT2D eigenvalue weighted by atomic mass is 32.2. The van der Waals surface area contributed by atoms with Crippen LogP contribution in [0.1, 0.15) is 24.4 Å². The quantitative estimate of drug-likeness (QED) is 0.576. The normalized spacial score (nSPS) is 12.4. The second-order valence-electron chi connectivity index (χ2n) is 6.65. The van der Waals surface area contributed by atoms with Crippen molar-refractivity contribution in [2.24, 2.45) is 7.05 Å². The molecule has 1 atom stereocenters. The molecule has 1 unspecified atom stereocenters. The van der Waals surface area contributed by atoms with Crippen LogP contribution in [0.4, 0.5) is 16.2 Å². The Morgan fingerprint density at radius 1 is 1.00 bits per heavy atom. The fourth-order valence-corrected chi connectivity index (χ4v) is 3.96. The largest absolute Gasteiger partial charge is 0.337 e. The van der Waals surface area contributed by atoms with Crippen LogP contribution in [0, 0.1) is 6.92 Å². The number of amides is 2. The average molecular weight is 414 g/mol. The van der Waals surface area contributed by atoms with Gasteiger partial charge in [-0.1, -0.05) is 30.3 Å². The number of nitrogens with one attached hydrogen (secondary N) is 3. The number of hydrogen-bond acceptors (Lipinski definition) is 4. The van der Waals surface area contributed by atoms with Crippen molar-refractivity contribution >= 4 is 27.4 Å². The summed E-state index contributed by atoms with van der Waals surface area (Å²) in [7, 11) is -1.99. The van der Waals surface area contributed by atoms with Gasteiger partial charge in [-0.05, 0) is 43.7 Å². The van der Waals surface area contributed by atoms with Crippen LogP contribution in [0.3, 0.4) is 0 Å². The van der Waals surface area contributed by atoms with Gasteiger partial charge in [0.25, 0.3) is 10.0 Å². The van der Waals surface area contributed by atoms with Crippen LogP contribution in [-0.4, -0.2) is 24.0 Å². The molecule has 2 amide bonds. The minimum atomic E-state index is -3.73. The summed E-state index contributed by atoms with van der Waals surface area (Å²) in [5, 5.41) is 5.46. The summed E-state index contributed by atoms with van der Waals surface area (Å²) in [4.78, 5) is 16.1. The molecule has 152 valence electrons. The molecule has 2 aromatic carbocycles. The predicted molar refractivity (Wildman–Crippen MR) is 112 cm³/mol. The molecule has 0 radical (unpaired) electrons. The number of anilines is 2. The van der Waals surface area contributed by atoms with Gasteiger partial charge in [0.1, 0.15) is 5.82 Å². The van der Waals surface area contributed by atoms with Crippen LogP contribution in [0.15, 0.2) is 65.8 Å². The number of hydrogen-bond donors (Lipinski definition) is 3. The number of rotatable bonds is 6. The molecule has 3 aromatic rings. The molecule has 1 heterocycles. The molecule has 1 aromatic heterocycles. The molecule has 3 rings (SSSR count). The maximum Gasteiger partial charge on any atom is 0.323 e. The van der Waals surface area contributed by atoms with Crippen molar-refractivity contribution in [3.63, 3.8) is 0 Å². The first-order chi connectivity index (χ1) is 13.7. The number of para-hydroxylation sites is 1. The minimum absolute atomic E-state index is 0.0137. The number of benzene rings is 2. The number of aryl methyl sites for hydroxylation is 2. The van der Waals surface area contributed by atoms with Crippen molar-refractivity contribution in [2.75, 3.05) is 10.6 Å². The van der Waals surface area contributed by atoms with Crippen molar-refractivity contribution < 1.29 is 13.2 Å². The van der Waals surface area contributed by atoms with Crippen molar-refractivity contribution in [2.45, 2.75) is 24.9 Å². The van der Waals surface area contributed by atoms with E-state index in [2.05, 4.69) is 20.3 Å². The number of carbonyl (C=O) groups excluding carboxylic acids is 1. The van der Waals surface area contributed by atoms with Gasteiger partial charge in [-0.15, -0.1) is 0 Å². The van der Waals surface area contributed by atoms with Crippen LogP contribution in [-0.2, 0) is 17.1 Å². The lowest BCUT2D eigenvalue weighted by molar-refractivity contribution is 0.262. The summed E-state index contributed by atoms with van der Waals surface area (Å²) in [6.45, 7) is 3.49. The van der Waals surface area contributed by atoms with E-state index in [4.69, 9.17) is 0 Å². The van der Waals surface area contributed by atoms with Gasteiger partial charge in [-0.3, -0.25) is 0 Å². The fourth-order valence-electron chi connectivity index (χ4n) is 2.69. The van der Waals surface area contributed by atoms with Gasteiger partial charge in [0.2, 0.25) is 0 Å². The maximum absolute atomic E-state index is 12.5. The van der Waals surface area contributed by atoms with Crippen molar-refractivity contribution in [1.29, 1.82) is 0 Å². The van der Waals surface area contributed by atoms with E-state index >= 15 is 0 Å². The molecule has 0 aliphatic heterocycles. The number of urea groups is 1. The van der Waals surface area contributed by atoms with Crippen molar-refractivity contribution in [1.82, 2.24) is 14.3 Å². The zero-order valence-corrected chi connectivity index (χ0v) is 17.2. The number of carbonyl (C=O) groups is 1. The Hall–Kier alpha value is -3.17. The summed E-state index contributed by atoms with van der Waals surface area (Å²) >= 11 is 0. The van der Waals surface area contributed by atoms with Crippen LogP contribution < -0.4 is 15.4 Å². The molecule has 8 nitrogen and oxygen atoms in total. The maximum atomic E-state index is 12.5. The second kappa shape index (κ2) is 8.46. The molecular weight excluding hydrogens is 390 g/mol. The van der Waals surface area contributed by atoms with Crippen molar-refractivity contribution in [3.05, 3.63) is 72.2 Å². The van der Waals surface area contributed by atoms with E-state index in [0.29, 0.717) is 17.2 Å². The standard InChI is InChI=1S/C20H23N5O3S/c1-14(24-29(27,28)19-13-25(3)15(2)21-19)16-9-11-18(12-10-16)23-20(26)22-17-7-5-4-6-8-17/h4-14,24H,1-3H3,(H2,22,23,26). The first-order valence-corrected chi connectivity index (χ1v) is 10.5. The van der Waals surface area contributed by atoms with Crippen LogP contribution >= 0.6 is 0 Å². The van der Waals surface area contributed by atoms with Gasteiger partial charge in [0, 0.05) is 30.7 Å². The fraction of sp³-hybridized carbons (Fsp3) is 0.200. The molecule has 9 heteroatoms. The Kier molecular flexibility index (Phi) is 6.00. The molecule has 0 spiro atoms. The van der Waals surface area contributed by atoms with Gasteiger partial charge < -0.3 is 15.2 Å².